The lowest BCUT2D eigenvalue weighted by atomic mass is 9.98. The van der Waals surface area contributed by atoms with Gasteiger partial charge in [-0.1, -0.05) is 49.7 Å². The van der Waals surface area contributed by atoms with Gasteiger partial charge in [0.2, 0.25) is 0 Å². The van der Waals surface area contributed by atoms with Gasteiger partial charge in [0.05, 0.1) is 10.7 Å². The van der Waals surface area contributed by atoms with Crippen LogP contribution in [0.2, 0.25) is 5.02 Å². The average Bonchev–Trinajstić information content (AvgIpc) is 2.38. The van der Waals surface area contributed by atoms with Crippen LogP contribution >= 0.6 is 11.6 Å². The van der Waals surface area contributed by atoms with Crippen LogP contribution in [0.15, 0.2) is 42.6 Å². The molecule has 3 heteroatoms. The molecule has 0 bridgehead atoms. The monoisotopic (exact) mass is 275 g/mol. The Balaban J connectivity index is 2.23. The van der Waals surface area contributed by atoms with Gasteiger partial charge >= 0.3 is 0 Å². The fourth-order valence-electron chi connectivity index (χ4n) is 2.08. The third-order valence-electron chi connectivity index (χ3n) is 2.94. The summed E-state index contributed by atoms with van der Waals surface area (Å²) >= 11 is 5.80. The molecular weight excluding hydrogens is 258 g/mol. The fourth-order valence-corrected chi connectivity index (χ4v) is 2.19. The summed E-state index contributed by atoms with van der Waals surface area (Å²) in [6.45, 7) is 4.37. The van der Waals surface area contributed by atoms with E-state index in [1.54, 1.807) is 18.3 Å². The molecule has 0 spiro atoms. The summed E-state index contributed by atoms with van der Waals surface area (Å²) in [5, 5.41) is 10.9. The van der Waals surface area contributed by atoms with Crippen molar-refractivity contribution in [3.63, 3.8) is 0 Å². The lowest BCUT2D eigenvalue weighted by molar-refractivity contribution is 0.215. The number of hydrogen-bond donors (Lipinski definition) is 1. The molecule has 1 N–H and O–H groups in total. The first-order valence-electron chi connectivity index (χ1n) is 6.44. The molecular formula is C16H18ClNO. The van der Waals surface area contributed by atoms with E-state index in [9.17, 15) is 5.11 Å². The van der Waals surface area contributed by atoms with Gasteiger partial charge < -0.3 is 5.11 Å². The Morgan fingerprint density at radius 1 is 1.21 bits per heavy atom. The van der Waals surface area contributed by atoms with Crippen molar-refractivity contribution in [1.29, 1.82) is 0 Å². The highest BCUT2D eigenvalue weighted by Gasteiger charge is 2.12. The summed E-state index contributed by atoms with van der Waals surface area (Å²) < 4.78 is 0. The summed E-state index contributed by atoms with van der Waals surface area (Å²) in [5.41, 5.74) is 2.72. The summed E-state index contributed by atoms with van der Waals surface area (Å²) in [7, 11) is 0. The highest BCUT2D eigenvalue weighted by atomic mass is 35.5. The lowest BCUT2D eigenvalue weighted by Crippen LogP contribution is -2.03. The van der Waals surface area contributed by atoms with Gasteiger partial charge in [-0.25, -0.2) is 0 Å². The number of aliphatic hydroxyl groups excluding tert-OH is 1. The molecule has 2 nitrogen and oxygen atoms in total. The average molecular weight is 276 g/mol. The zero-order chi connectivity index (χ0) is 13.8. The van der Waals surface area contributed by atoms with Gasteiger partial charge in [0.15, 0.2) is 0 Å². The summed E-state index contributed by atoms with van der Waals surface area (Å²) in [4.78, 5) is 4.16. The van der Waals surface area contributed by atoms with Crippen LogP contribution < -0.4 is 0 Å². The first-order chi connectivity index (χ1) is 9.06. The van der Waals surface area contributed by atoms with Crippen molar-refractivity contribution in [3.05, 3.63) is 64.4 Å². The predicted octanol–water partition coefficient (Wildman–Crippen LogP) is 4.02. The summed E-state index contributed by atoms with van der Waals surface area (Å²) in [6.07, 6.45) is 1.86. The number of nitrogens with zero attached hydrogens (tertiary/aromatic N) is 1. The van der Waals surface area contributed by atoms with E-state index in [1.807, 2.05) is 18.2 Å². The number of aromatic nitrogens is 1. The van der Waals surface area contributed by atoms with Crippen molar-refractivity contribution in [2.45, 2.75) is 26.4 Å². The van der Waals surface area contributed by atoms with Crippen LogP contribution in [0.25, 0.3) is 0 Å². The molecule has 0 fully saturated rings. The topological polar surface area (TPSA) is 33.1 Å². The largest absolute Gasteiger partial charge is 0.382 e. The Morgan fingerprint density at radius 3 is 2.63 bits per heavy atom. The molecule has 0 radical (unpaired) electrons. The third-order valence-corrected chi connectivity index (χ3v) is 3.16. The van der Waals surface area contributed by atoms with Gasteiger partial charge in [0, 0.05) is 6.20 Å². The minimum atomic E-state index is -0.704. The molecule has 0 aliphatic heterocycles. The quantitative estimate of drug-likeness (QED) is 0.914. The molecule has 0 amide bonds. The molecule has 1 aromatic heterocycles. The van der Waals surface area contributed by atoms with Crippen LogP contribution in [-0.4, -0.2) is 10.1 Å². The maximum absolute atomic E-state index is 10.3. The zero-order valence-electron chi connectivity index (χ0n) is 11.2. The Bertz CT molecular complexity index is 537. The van der Waals surface area contributed by atoms with E-state index in [0.29, 0.717) is 16.6 Å². The minimum Gasteiger partial charge on any atom is -0.382 e. The minimum absolute atomic E-state index is 0.574. The predicted molar refractivity (Wildman–Crippen MR) is 78.3 cm³/mol. The van der Waals surface area contributed by atoms with Crippen LogP contribution in [-0.2, 0) is 6.42 Å². The number of hydrogen-bond acceptors (Lipinski definition) is 2. The highest BCUT2D eigenvalue weighted by molar-refractivity contribution is 6.30. The van der Waals surface area contributed by atoms with Crippen LogP contribution in [0.3, 0.4) is 0 Å². The van der Waals surface area contributed by atoms with Crippen LogP contribution in [0.1, 0.15) is 36.8 Å². The van der Waals surface area contributed by atoms with Gasteiger partial charge in [-0.15, -0.1) is 0 Å². The molecule has 2 rings (SSSR count). The molecule has 0 aliphatic rings. The second kappa shape index (κ2) is 6.18. The highest BCUT2D eigenvalue weighted by Crippen LogP contribution is 2.22. The molecule has 1 heterocycles. The molecule has 0 aliphatic carbocycles. The molecule has 100 valence electrons. The SMILES string of the molecule is CC(C)Cc1cccc(C(O)c2ccc(Cl)cn2)c1. The molecule has 2 aromatic rings. The summed E-state index contributed by atoms with van der Waals surface area (Å²) in [5.74, 6) is 0.598. The van der Waals surface area contributed by atoms with Gasteiger partial charge in [-0.3, -0.25) is 4.98 Å². The number of rotatable bonds is 4. The van der Waals surface area contributed by atoms with Gasteiger partial charge in [0.1, 0.15) is 6.10 Å². The van der Waals surface area contributed by atoms with Crippen molar-refractivity contribution in [2.75, 3.05) is 0 Å². The Morgan fingerprint density at radius 2 is 2.00 bits per heavy atom. The van der Waals surface area contributed by atoms with Gasteiger partial charge in [-0.2, -0.15) is 0 Å². The zero-order valence-corrected chi connectivity index (χ0v) is 11.9. The van der Waals surface area contributed by atoms with Crippen LogP contribution in [0.4, 0.5) is 0 Å². The number of benzene rings is 1. The first kappa shape index (κ1) is 14.0. The second-order valence-corrected chi connectivity index (χ2v) is 5.58. The normalized spacial score (nSPS) is 12.7. The van der Waals surface area contributed by atoms with Crippen molar-refractivity contribution in [2.24, 2.45) is 5.92 Å². The Hall–Kier alpha value is -1.38. The number of halogens is 1. The van der Waals surface area contributed by atoms with E-state index in [0.717, 1.165) is 12.0 Å². The van der Waals surface area contributed by atoms with E-state index >= 15 is 0 Å². The Labute approximate surface area is 119 Å². The van der Waals surface area contributed by atoms with Crippen molar-refractivity contribution in [1.82, 2.24) is 4.98 Å². The molecule has 19 heavy (non-hydrogen) atoms. The first-order valence-corrected chi connectivity index (χ1v) is 6.82. The van der Waals surface area contributed by atoms with Crippen molar-refractivity contribution in [3.8, 4) is 0 Å². The molecule has 0 saturated heterocycles. The number of pyridine rings is 1. The van der Waals surface area contributed by atoms with Crippen LogP contribution in [0, 0.1) is 5.92 Å². The smallest absolute Gasteiger partial charge is 0.121 e. The fraction of sp³-hybridized carbons (Fsp3) is 0.312. The van der Waals surface area contributed by atoms with Gasteiger partial charge in [-0.05, 0) is 35.6 Å². The van der Waals surface area contributed by atoms with Gasteiger partial charge in [0.25, 0.3) is 0 Å². The molecule has 1 unspecified atom stereocenters. The van der Waals surface area contributed by atoms with E-state index in [2.05, 4.69) is 24.9 Å². The standard InChI is InChI=1S/C16H18ClNO/c1-11(2)8-12-4-3-5-13(9-12)16(19)15-7-6-14(17)10-18-15/h3-7,9-11,16,19H,8H2,1-2H3. The van der Waals surface area contributed by atoms with E-state index < -0.39 is 6.10 Å². The number of aliphatic hydroxyl groups is 1. The van der Waals surface area contributed by atoms with E-state index in [-0.39, 0.29) is 0 Å². The maximum Gasteiger partial charge on any atom is 0.121 e. The van der Waals surface area contributed by atoms with E-state index in [4.69, 9.17) is 11.6 Å². The second-order valence-electron chi connectivity index (χ2n) is 5.15. The molecule has 1 atom stereocenters. The lowest BCUT2D eigenvalue weighted by Gasteiger charge is -2.13. The summed E-state index contributed by atoms with van der Waals surface area (Å²) in [6, 6.07) is 11.5. The van der Waals surface area contributed by atoms with Crippen molar-refractivity contribution >= 4 is 11.6 Å². The van der Waals surface area contributed by atoms with Crippen LogP contribution in [0.5, 0.6) is 0 Å². The maximum atomic E-state index is 10.3. The molecule has 1 aromatic carbocycles. The molecule has 0 saturated carbocycles. The van der Waals surface area contributed by atoms with E-state index in [1.165, 1.54) is 5.56 Å². The van der Waals surface area contributed by atoms with Crippen molar-refractivity contribution < 1.29 is 5.11 Å². The third kappa shape index (κ3) is 3.79. The Kier molecular flexibility index (Phi) is 4.56.